The van der Waals surface area contributed by atoms with Crippen LogP contribution in [0.5, 0.6) is 0 Å². The zero-order valence-electron chi connectivity index (χ0n) is 8.75. The van der Waals surface area contributed by atoms with Gasteiger partial charge in [-0.05, 0) is 46.4 Å². The van der Waals surface area contributed by atoms with Crippen LogP contribution in [-0.2, 0) is 4.79 Å². The standard InChI is InChI=1S/C12H9IN2O2/c13-10-7-14-15(8-10)11-4-1-9(2-5-11)3-6-12(16)17/h1-8H,(H,16,17). The fraction of sp³-hybridized carbons (Fsp3) is 0. The molecule has 0 amide bonds. The van der Waals surface area contributed by atoms with E-state index in [2.05, 4.69) is 27.7 Å². The van der Waals surface area contributed by atoms with E-state index in [1.165, 1.54) is 0 Å². The summed E-state index contributed by atoms with van der Waals surface area (Å²) in [5.41, 5.74) is 1.79. The van der Waals surface area contributed by atoms with Crippen LogP contribution in [0.3, 0.4) is 0 Å². The van der Waals surface area contributed by atoms with Gasteiger partial charge in [-0.25, -0.2) is 9.48 Å². The summed E-state index contributed by atoms with van der Waals surface area (Å²) in [6, 6.07) is 7.49. The molecule has 0 aliphatic heterocycles. The Morgan fingerprint density at radius 2 is 2.06 bits per heavy atom. The van der Waals surface area contributed by atoms with E-state index in [9.17, 15) is 4.79 Å². The van der Waals surface area contributed by atoms with Crippen molar-refractivity contribution in [3.63, 3.8) is 0 Å². The highest BCUT2D eigenvalue weighted by Crippen LogP contribution is 2.12. The molecule has 1 heterocycles. The van der Waals surface area contributed by atoms with Crippen LogP contribution < -0.4 is 0 Å². The van der Waals surface area contributed by atoms with Crippen molar-refractivity contribution in [3.8, 4) is 5.69 Å². The molecule has 0 aliphatic carbocycles. The minimum absolute atomic E-state index is 0.845. The van der Waals surface area contributed by atoms with Crippen LogP contribution in [0.1, 0.15) is 5.56 Å². The highest BCUT2D eigenvalue weighted by molar-refractivity contribution is 14.1. The SMILES string of the molecule is O=C(O)C=Cc1ccc(-n2cc(I)cn2)cc1. The first-order chi connectivity index (χ1) is 8.15. The van der Waals surface area contributed by atoms with E-state index in [-0.39, 0.29) is 0 Å². The van der Waals surface area contributed by atoms with Crippen molar-refractivity contribution < 1.29 is 9.90 Å². The predicted molar refractivity (Wildman–Crippen MR) is 73.0 cm³/mol. The van der Waals surface area contributed by atoms with Gasteiger partial charge in [0.15, 0.2) is 0 Å². The Bertz CT molecular complexity index is 558. The summed E-state index contributed by atoms with van der Waals surface area (Å²) in [5.74, 6) is -0.948. The van der Waals surface area contributed by atoms with Crippen LogP contribution in [0.25, 0.3) is 11.8 Å². The maximum atomic E-state index is 10.4. The molecular formula is C12H9IN2O2. The monoisotopic (exact) mass is 340 g/mol. The quantitative estimate of drug-likeness (QED) is 0.690. The molecule has 86 valence electrons. The number of aromatic nitrogens is 2. The minimum Gasteiger partial charge on any atom is -0.478 e. The van der Waals surface area contributed by atoms with Gasteiger partial charge in [0, 0.05) is 12.3 Å². The van der Waals surface area contributed by atoms with Crippen molar-refractivity contribution in [2.24, 2.45) is 0 Å². The van der Waals surface area contributed by atoms with Crippen molar-refractivity contribution in [1.29, 1.82) is 0 Å². The summed E-state index contributed by atoms with van der Waals surface area (Å²) in [6.45, 7) is 0. The Balaban J connectivity index is 2.21. The van der Waals surface area contributed by atoms with Gasteiger partial charge in [0.05, 0.1) is 15.5 Å². The average Bonchev–Trinajstić information content (AvgIpc) is 2.74. The number of carbonyl (C=O) groups is 1. The van der Waals surface area contributed by atoms with E-state index in [1.807, 2.05) is 30.5 Å². The zero-order valence-corrected chi connectivity index (χ0v) is 10.9. The van der Waals surface area contributed by atoms with Crippen LogP contribution in [0.2, 0.25) is 0 Å². The molecular weight excluding hydrogens is 331 g/mol. The largest absolute Gasteiger partial charge is 0.478 e. The van der Waals surface area contributed by atoms with Gasteiger partial charge in [0.25, 0.3) is 0 Å². The summed E-state index contributed by atoms with van der Waals surface area (Å²) < 4.78 is 2.84. The maximum Gasteiger partial charge on any atom is 0.328 e. The third kappa shape index (κ3) is 3.16. The molecule has 4 nitrogen and oxygen atoms in total. The molecule has 0 saturated heterocycles. The Morgan fingerprint density at radius 3 is 2.59 bits per heavy atom. The first kappa shape index (κ1) is 11.8. The second kappa shape index (κ2) is 5.13. The van der Waals surface area contributed by atoms with Crippen molar-refractivity contribution in [3.05, 3.63) is 51.9 Å². The Hall–Kier alpha value is -1.63. The molecule has 1 N–H and O–H groups in total. The molecule has 1 aromatic carbocycles. The molecule has 0 radical (unpaired) electrons. The number of carboxylic acid groups (broad SMARTS) is 1. The normalized spacial score (nSPS) is 10.9. The van der Waals surface area contributed by atoms with E-state index in [0.717, 1.165) is 20.9 Å². The van der Waals surface area contributed by atoms with Crippen molar-refractivity contribution >= 4 is 34.6 Å². The Labute approximate surface area is 112 Å². The number of hydrogen-bond donors (Lipinski definition) is 1. The van der Waals surface area contributed by atoms with E-state index in [0.29, 0.717) is 0 Å². The summed E-state index contributed by atoms with van der Waals surface area (Å²) in [5, 5.41) is 12.7. The fourth-order valence-electron chi connectivity index (χ4n) is 1.35. The van der Waals surface area contributed by atoms with Gasteiger partial charge >= 0.3 is 5.97 Å². The number of carboxylic acids is 1. The van der Waals surface area contributed by atoms with E-state index in [4.69, 9.17) is 5.11 Å². The topological polar surface area (TPSA) is 55.1 Å². The number of nitrogens with zero attached hydrogens (tertiary/aromatic N) is 2. The average molecular weight is 340 g/mol. The summed E-state index contributed by atoms with van der Waals surface area (Å²) in [4.78, 5) is 10.4. The first-order valence-corrected chi connectivity index (χ1v) is 5.94. The molecule has 2 aromatic rings. The number of hydrogen-bond acceptors (Lipinski definition) is 2. The van der Waals surface area contributed by atoms with E-state index < -0.39 is 5.97 Å². The van der Waals surface area contributed by atoms with Crippen molar-refractivity contribution in [2.75, 3.05) is 0 Å². The molecule has 2 rings (SSSR count). The minimum atomic E-state index is -0.948. The fourth-order valence-corrected chi connectivity index (χ4v) is 1.74. The number of aliphatic carboxylic acids is 1. The van der Waals surface area contributed by atoms with Crippen LogP contribution in [0, 0.1) is 3.57 Å². The smallest absolute Gasteiger partial charge is 0.328 e. The van der Waals surface area contributed by atoms with Gasteiger partial charge in [-0.3, -0.25) is 0 Å². The lowest BCUT2D eigenvalue weighted by molar-refractivity contribution is -0.131. The lowest BCUT2D eigenvalue weighted by Crippen LogP contribution is -1.93. The highest BCUT2D eigenvalue weighted by Gasteiger charge is 1.98. The highest BCUT2D eigenvalue weighted by atomic mass is 127. The third-order valence-electron chi connectivity index (χ3n) is 2.13. The molecule has 0 spiro atoms. The van der Waals surface area contributed by atoms with Crippen LogP contribution in [-0.4, -0.2) is 20.9 Å². The predicted octanol–water partition coefficient (Wildman–Crippen LogP) is 2.57. The number of rotatable bonds is 3. The Kier molecular flexibility index (Phi) is 3.58. The third-order valence-corrected chi connectivity index (χ3v) is 2.68. The molecule has 17 heavy (non-hydrogen) atoms. The number of benzene rings is 1. The lowest BCUT2D eigenvalue weighted by Gasteiger charge is -2.01. The van der Waals surface area contributed by atoms with Gasteiger partial charge < -0.3 is 5.11 Å². The summed E-state index contributed by atoms with van der Waals surface area (Å²) in [6.07, 6.45) is 6.37. The van der Waals surface area contributed by atoms with Gasteiger partial charge in [-0.15, -0.1) is 0 Å². The second-order valence-corrected chi connectivity index (χ2v) is 4.61. The molecule has 0 unspecified atom stereocenters. The summed E-state index contributed by atoms with van der Waals surface area (Å²) >= 11 is 2.19. The van der Waals surface area contributed by atoms with E-state index >= 15 is 0 Å². The molecule has 0 bridgehead atoms. The van der Waals surface area contributed by atoms with E-state index in [1.54, 1.807) is 17.0 Å². The van der Waals surface area contributed by atoms with Crippen LogP contribution in [0.4, 0.5) is 0 Å². The second-order valence-electron chi connectivity index (χ2n) is 3.37. The molecule has 0 fully saturated rings. The molecule has 0 saturated carbocycles. The van der Waals surface area contributed by atoms with Crippen LogP contribution in [0.15, 0.2) is 42.7 Å². The molecule has 1 aromatic heterocycles. The maximum absolute atomic E-state index is 10.4. The van der Waals surface area contributed by atoms with Gasteiger partial charge in [0.1, 0.15) is 0 Å². The zero-order chi connectivity index (χ0) is 12.3. The molecule has 0 aliphatic rings. The van der Waals surface area contributed by atoms with Gasteiger partial charge in [-0.1, -0.05) is 12.1 Å². The molecule has 5 heteroatoms. The van der Waals surface area contributed by atoms with Gasteiger partial charge in [-0.2, -0.15) is 5.10 Å². The lowest BCUT2D eigenvalue weighted by atomic mass is 10.2. The molecule has 0 atom stereocenters. The number of halogens is 1. The Morgan fingerprint density at radius 1 is 1.35 bits per heavy atom. The first-order valence-electron chi connectivity index (χ1n) is 4.87. The summed E-state index contributed by atoms with van der Waals surface area (Å²) in [7, 11) is 0. The van der Waals surface area contributed by atoms with Crippen molar-refractivity contribution in [2.45, 2.75) is 0 Å². The van der Waals surface area contributed by atoms with Crippen molar-refractivity contribution in [1.82, 2.24) is 9.78 Å². The van der Waals surface area contributed by atoms with Crippen LogP contribution >= 0.6 is 22.6 Å². The van der Waals surface area contributed by atoms with Gasteiger partial charge in [0.2, 0.25) is 0 Å².